The maximum absolute atomic E-state index is 11.0. The van der Waals surface area contributed by atoms with Gasteiger partial charge in [0.05, 0.1) is 7.11 Å². The summed E-state index contributed by atoms with van der Waals surface area (Å²) in [6.07, 6.45) is 3.87. The van der Waals surface area contributed by atoms with E-state index in [-0.39, 0.29) is 5.91 Å². The summed E-state index contributed by atoms with van der Waals surface area (Å²) < 4.78 is 5.18. The Morgan fingerprint density at radius 1 is 1.38 bits per heavy atom. The van der Waals surface area contributed by atoms with E-state index in [1.807, 2.05) is 18.2 Å². The lowest BCUT2D eigenvalue weighted by atomic mass is 9.95. The van der Waals surface area contributed by atoms with E-state index in [0.717, 1.165) is 29.9 Å². The van der Waals surface area contributed by atoms with Gasteiger partial charge in [-0.2, -0.15) is 0 Å². The molecule has 2 rings (SSSR count). The van der Waals surface area contributed by atoms with Crippen molar-refractivity contribution in [3.63, 3.8) is 0 Å². The molecule has 3 nitrogen and oxygen atoms in total. The summed E-state index contributed by atoms with van der Waals surface area (Å²) in [6, 6.07) is 6.04. The zero-order chi connectivity index (χ0) is 11.5. The minimum absolute atomic E-state index is 0.0161. The van der Waals surface area contributed by atoms with Crippen molar-refractivity contribution in [3.8, 4) is 5.75 Å². The Labute approximate surface area is 95.1 Å². The maximum Gasteiger partial charge on any atom is 0.220 e. The minimum Gasteiger partial charge on any atom is -0.497 e. The first-order valence-corrected chi connectivity index (χ1v) is 5.34. The lowest BCUT2D eigenvalue weighted by Gasteiger charge is -2.17. The highest BCUT2D eigenvalue weighted by Crippen LogP contribution is 2.26. The lowest BCUT2D eigenvalue weighted by molar-refractivity contribution is -0.118. The van der Waals surface area contributed by atoms with Crippen LogP contribution in [0.1, 0.15) is 24.5 Å². The fourth-order valence-corrected chi connectivity index (χ4v) is 1.92. The van der Waals surface area contributed by atoms with Gasteiger partial charge in [-0.3, -0.25) is 4.79 Å². The quantitative estimate of drug-likeness (QED) is 0.824. The normalized spacial score (nSPS) is 13.8. The molecule has 0 radical (unpaired) electrons. The summed E-state index contributed by atoms with van der Waals surface area (Å²) in [6.45, 7) is 1.53. The first-order chi connectivity index (χ1) is 7.69. The molecule has 1 amide bonds. The van der Waals surface area contributed by atoms with Gasteiger partial charge in [0.15, 0.2) is 0 Å². The summed E-state index contributed by atoms with van der Waals surface area (Å²) in [7, 11) is 1.66. The van der Waals surface area contributed by atoms with Gasteiger partial charge in [-0.15, -0.1) is 0 Å². The molecule has 16 heavy (non-hydrogen) atoms. The van der Waals surface area contributed by atoms with Gasteiger partial charge in [0, 0.05) is 12.6 Å². The molecule has 0 heterocycles. The number of methoxy groups -OCH3 is 1. The summed E-state index contributed by atoms with van der Waals surface area (Å²) >= 11 is 0. The molecule has 0 saturated heterocycles. The molecule has 1 aromatic carbocycles. The van der Waals surface area contributed by atoms with Gasteiger partial charge >= 0.3 is 0 Å². The van der Waals surface area contributed by atoms with Gasteiger partial charge in [0.1, 0.15) is 5.75 Å². The van der Waals surface area contributed by atoms with Crippen LogP contribution >= 0.6 is 0 Å². The second kappa shape index (κ2) is 4.39. The van der Waals surface area contributed by atoms with Gasteiger partial charge in [-0.25, -0.2) is 0 Å². The summed E-state index contributed by atoms with van der Waals surface area (Å²) in [5, 5.41) is 2.84. The number of allylic oxidation sites excluding steroid dienone is 1. The van der Waals surface area contributed by atoms with Crippen LogP contribution in [-0.4, -0.2) is 13.0 Å². The van der Waals surface area contributed by atoms with E-state index in [0.29, 0.717) is 0 Å². The molecule has 0 fully saturated rings. The average molecular weight is 217 g/mol. The number of rotatable bonds is 2. The van der Waals surface area contributed by atoms with Crippen molar-refractivity contribution < 1.29 is 9.53 Å². The van der Waals surface area contributed by atoms with E-state index in [9.17, 15) is 4.79 Å². The first kappa shape index (κ1) is 10.7. The average Bonchev–Trinajstić information content (AvgIpc) is 2.27. The molecule has 0 saturated carbocycles. The Bertz CT molecular complexity index is 449. The standard InChI is InChI=1S/C13H15NO2/c1-9(15)14-12-5-3-10-4-6-13(16-2)8-11(10)7-12/h4,6-8H,3,5H2,1-2H3,(H,14,15). The number of benzene rings is 1. The summed E-state index contributed by atoms with van der Waals surface area (Å²) in [5.74, 6) is 0.830. The second-order valence-corrected chi connectivity index (χ2v) is 3.92. The number of hydrogen-bond donors (Lipinski definition) is 1. The van der Waals surface area contributed by atoms with Crippen molar-refractivity contribution in [1.82, 2.24) is 5.32 Å². The van der Waals surface area contributed by atoms with Crippen molar-refractivity contribution >= 4 is 12.0 Å². The molecular formula is C13H15NO2. The van der Waals surface area contributed by atoms with E-state index >= 15 is 0 Å². The van der Waals surface area contributed by atoms with Crippen LogP contribution in [0.2, 0.25) is 0 Å². The van der Waals surface area contributed by atoms with Crippen LogP contribution in [-0.2, 0) is 11.2 Å². The number of nitrogens with one attached hydrogen (secondary N) is 1. The van der Waals surface area contributed by atoms with E-state index < -0.39 is 0 Å². The highest BCUT2D eigenvalue weighted by molar-refractivity contribution is 5.77. The molecule has 0 aromatic heterocycles. The number of fused-ring (bicyclic) bond motifs is 1. The van der Waals surface area contributed by atoms with Crippen molar-refractivity contribution in [2.24, 2.45) is 0 Å². The zero-order valence-corrected chi connectivity index (χ0v) is 9.54. The highest BCUT2D eigenvalue weighted by atomic mass is 16.5. The molecule has 0 bridgehead atoms. The third kappa shape index (κ3) is 2.24. The highest BCUT2D eigenvalue weighted by Gasteiger charge is 2.11. The molecule has 0 atom stereocenters. The van der Waals surface area contributed by atoms with Crippen LogP contribution in [0.5, 0.6) is 5.75 Å². The molecule has 1 N–H and O–H groups in total. The summed E-state index contributed by atoms with van der Waals surface area (Å²) in [5.41, 5.74) is 3.41. The Morgan fingerprint density at radius 2 is 2.19 bits per heavy atom. The second-order valence-electron chi connectivity index (χ2n) is 3.92. The number of carbonyl (C=O) groups is 1. The predicted octanol–water partition coefficient (Wildman–Crippen LogP) is 2.12. The number of hydrogen-bond acceptors (Lipinski definition) is 2. The van der Waals surface area contributed by atoms with Crippen LogP contribution < -0.4 is 10.1 Å². The Balaban J connectivity index is 2.30. The van der Waals surface area contributed by atoms with Gasteiger partial charge in [-0.1, -0.05) is 6.07 Å². The van der Waals surface area contributed by atoms with Crippen LogP contribution in [0.15, 0.2) is 23.9 Å². The van der Waals surface area contributed by atoms with Crippen LogP contribution in [0.25, 0.3) is 6.08 Å². The summed E-state index contributed by atoms with van der Waals surface area (Å²) in [4.78, 5) is 11.0. The molecule has 1 aliphatic rings. The number of ether oxygens (including phenoxy) is 1. The monoisotopic (exact) mass is 217 g/mol. The lowest BCUT2D eigenvalue weighted by Crippen LogP contribution is -2.21. The molecule has 0 aliphatic heterocycles. The third-order valence-electron chi connectivity index (χ3n) is 2.68. The zero-order valence-electron chi connectivity index (χ0n) is 9.54. The molecule has 1 aliphatic carbocycles. The van der Waals surface area contributed by atoms with E-state index in [1.165, 1.54) is 12.5 Å². The third-order valence-corrected chi connectivity index (χ3v) is 2.68. The molecule has 0 spiro atoms. The maximum atomic E-state index is 11.0. The Morgan fingerprint density at radius 3 is 2.88 bits per heavy atom. The van der Waals surface area contributed by atoms with E-state index in [2.05, 4.69) is 11.4 Å². The van der Waals surface area contributed by atoms with E-state index in [1.54, 1.807) is 7.11 Å². The minimum atomic E-state index is -0.0161. The largest absolute Gasteiger partial charge is 0.497 e. The molecule has 0 unspecified atom stereocenters. The molecule has 1 aromatic rings. The molecular weight excluding hydrogens is 202 g/mol. The fraction of sp³-hybridized carbons (Fsp3) is 0.308. The van der Waals surface area contributed by atoms with Crippen LogP contribution in [0, 0.1) is 0 Å². The topological polar surface area (TPSA) is 38.3 Å². The number of carbonyl (C=O) groups excluding carboxylic acids is 1. The molecule has 84 valence electrons. The van der Waals surface area contributed by atoms with Gasteiger partial charge in [0.2, 0.25) is 5.91 Å². The number of aryl methyl sites for hydroxylation is 1. The van der Waals surface area contributed by atoms with Crippen molar-refractivity contribution in [2.45, 2.75) is 19.8 Å². The Kier molecular flexibility index (Phi) is 2.95. The number of amides is 1. The van der Waals surface area contributed by atoms with Crippen LogP contribution in [0.3, 0.4) is 0 Å². The van der Waals surface area contributed by atoms with Crippen molar-refractivity contribution in [3.05, 3.63) is 35.0 Å². The first-order valence-electron chi connectivity index (χ1n) is 5.34. The SMILES string of the molecule is COc1ccc2c(c1)C=C(NC(C)=O)CC2. The van der Waals surface area contributed by atoms with Gasteiger partial charge < -0.3 is 10.1 Å². The predicted molar refractivity (Wildman–Crippen MR) is 63.1 cm³/mol. The van der Waals surface area contributed by atoms with Crippen molar-refractivity contribution in [2.75, 3.05) is 7.11 Å². The van der Waals surface area contributed by atoms with Crippen LogP contribution in [0.4, 0.5) is 0 Å². The fourth-order valence-electron chi connectivity index (χ4n) is 1.92. The smallest absolute Gasteiger partial charge is 0.220 e. The van der Waals surface area contributed by atoms with Gasteiger partial charge in [0.25, 0.3) is 0 Å². The van der Waals surface area contributed by atoms with Crippen molar-refractivity contribution in [1.29, 1.82) is 0 Å². The van der Waals surface area contributed by atoms with E-state index in [4.69, 9.17) is 4.74 Å². The molecule has 3 heteroatoms. The Hall–Kier alpha value is -1.77. The van der Waals surface area contributed by atoms with Gasteiger partial charge in [-0.05, 0) is 42.2 Å².